The number of hydrogen-bond acceptors (Lipinski definition) is 6. The summed E-state index contributed by atoms with van der Waals surface area (Å²) in [5.74, 6) is -0.998. The van der Waals surface area contributed by atoms with E-state index in [9.17, 15) is 19.4 Å². The van der Waals surface area contributed by atoms with Gasteiger partial charge in [-0.2, -0.15) is 0 Å². The molecule has 0 heterocycles. The first-order valence-corrected chi connectivity index (χ1v) is 7.89. The molecule has 0 saturated carbocycles. The van der Waals surface area contributed by atoms with E-state index in [1.807, 2.05) is 0 Å². The molecule has 8 heteroatoms. The highest BCUT2D eigenvalue weighted by molar-refractivity contribution is 7.81. The Morgan fingerprint density at radius 1 is 1.20 bits per heavy atom. The quantitative estimate of drug-likeness (QED) is 0.442. The van der Waals surface area contributed by atoms with Gasteiger partial charge in [-0.1, -0.05) is 0 Å². The Bertz CT molecular complexity index is 475. The van der Waals surface area contributed by atoms with E-state index in [0.29, 0.717) is 12.1 Å². The lowest BCUT2D eigenvalue weighted by molar-refractivity contribution is -0.134. The molecule has 0 amide bonds. The van der Waals surface area contributed by atoms with Crippen molar-refractivity contribution in [1.82, 2.24) is 0 Å². The standard InChI is InChI=1S/C12H17N2O5P/c13-6-1-7-20(18,19)12(17)9-2-4-10(5-3-9)14-8-11(15)16/h2-5,18-19H,1,6-8,13H2,(H-,14,15,16,17)/p+1. The number of aliphatic carboxylic acids is 1. The van der Waals surface area contributed by atoms with Crippen LogP contribution in [0.25, 0.3) is 0 Å². The second-order valence-electron chi connectivity index (χ2n) is 4.23. The molecule has 1 rings (SSSR count). The van der Waals surface area contributed by atoms with Gasteiger partial charge < -0.3 is 16.2 Å². The zero-order valence-corrected chi connectivity index (χ0v) is 11.7. The first-order valence-electron chi connectivity index (χ1n) is 6.01. The fourth-order valence-electron chi connectivity index (χ4n) is 1.53. The van der Waals surface area contributed by atoms with Crippen LogP contribution in [0, 0.1) is 0 Å². The van der Waals surface area contributed by atoms with E-state index in [1.54, 1.807) is 0 Å². The minimum Gasteiger partial charge on any atom is -0.480 e. The summed E-state index contributed by atoms with van der Waals surface area (Å²) in [5.41, 5.74) is 5.30. The van der Waals surface area contributed by atoms with Gasteiger partial charge in [0.15, 0.2) is 0 Å². The Labute approximate surface area is 116 Å². The molecule has 0 atom stereocenters. The summed E-state index contributed by atoms with van der Waals surface area (Å²) in [6.07, 6.45) is 0.339. The molecule has 0 radical (unpaired) electrons. The van der Waals surface area contributed by atoms with Crippen LogP contribution in [0.3, 0.4) is 0 Å². The summed E-state index contributed by atoms with van der Waals surface area (Å²) in [6, 6.07) is 5.88. The molecule has 0 aliphatic rings. The summed E-state index contributed by atoms with van der Waals surface area (Å²) >= 11 is 0. The normalized spacial score (nSPS) is 11.2. The second kappa shape index (κ2) is 7.31. The molecule has 0 spiro atoms. The number of hydrogen-bond donors (Lipinski definition) is 5. The molecule has 0 unspecified atom stereocenters. The van der Waals surface area contributed by atoms with Crippen LogP contribution in [-0.2, 0) is 4.79 Å². The van der Waals surface area contributed by atoms with Crippen LogP contribution in [0.4, 0.5) is 5.69 Å². The number of nitrogens with two attached hydrogens (primary N) is 1. The zero-order valence-electron chi connectivity index (χ0n) is 10.8. The maximum Gasteiger partial charge on any atom is 0.356 e. The maximum atomic E-state index is 11.9. The van der Waals surface area contributed by atoms with Crippen LogP contribution in [0.5, 0.6) is 0 Å². The number of carbonyl (C=O) groups is 2. The average Bonchev–Trinajstić information content (AvgIpc) is 2.42. The van der Waals surface area contributed by atoms with Crippen molar-refractivity contribution in [2.75, 3.05) is 24.6 Å². The lowest BCUT2D eigenvalue weighted by Crippen LogP contribution is -2.14. The number of carboxylic acids is 1. The predicted molar refractivity (Wildman–Crippen MR) is 76.8 cm³/mol. The molecule has 7 nitrogen and oxygen atoms in total. The van der Waals surface area contributed by atoms with E-state index in [1.165, 1.54) is 24.3 Å². The molecule has 0 aliphatic heterocycles. The third kappa shape index (κ3) is 4.86. The largest absolute Gasteiger partial charge is 0.480 e. The maximum absolute atomic E-state index is 11.9. The van der Waals surface area contributed by atoms with E-state index >= 15 is 0 Å². The van der Waals surface area contributed by atoms with Crippen LogP contribution < -0.4 is 11.1 Å². The number of nitrogens with one attached hydrogen (secondary N) is 1. The van der Waals surface area contributed by atoms with E-state index in [2.05, 4.69) is 5.32 Å². The SMILES string of the molecule is NCCC[P+](O)(O)C(=O)c1ccc(NCC(=O)O)cc1. The topological polar surface area (TPSA) is 133 Å². The van der Waals surface area contributed by atoms with Crippen molar-refractivity contribution < 1.29 is 24.5 Å². The van der Waals surface area contributed by atoms with Crippen LogP contribution in [0.2, 0.25) is 0 Å². The van der Waals surface area contributed by atoms with Crippen LogP contribution in [-0.4, -0.2) is 45.6 Å². The van der Waals surface area contributed by atoms with Crippen molar-refractivity contribution in [3.8, 4) is 0 Å². The van der Waals surface area contributed by atoms with Gasteiger partial charge in [-0.25, -0.2) is 14.6 Å². The van der Waals surface area contributed by atoms with Gasteiger partial charge in [-0.3, -0.25) is 4.79 Å². The Morgan fingerprint density at radius 2 is 1.80 bits per heavy atom. The van der Waals surface area contributed by atoms with Gasteiger partial charge in [0.25, 0.3) is 0 Å². The average molecular weight is 301 g/mol. The van der Waals surface area contributed by atoms with E-state index in [0.717, 1.165) is 0 Å². The smallest absolute Gasteiger partial charge is 0.356 e. The molecule has 0 aromatic heterocycles. The van der Waals surface area contributed by atoms with E-state index < -0.39 is 19.2 Å². The molecule has 20 heavy (non-hydrogen) atoms. The lowest BCUT2D eigenvalue weighted by atomic mass is 10.2. The van der Waals surface area contributed by atoms with E-state index in [4.69, 9.17) is 10.8 Å². The third-order valence-corrected chi connectivity index (χ3v) is 4.42. The van der Waals surface area contributed by atoms with Crippen molar-refractivity contribution in [2.24, 2.45) is 5.73 Å². The van der Waals surface area contributed by atoms with Crippen LogP contribution in [0.1, 0.15) is 16.8 Å². The number of carbonyl (C=O) groups excluding carboxylic acids is 1. The summed E-state index contributed by atoms with van der Waals surface area (Å²) in [6.45, 7) is 0.0505. The Balaban J connectivity index is 2.72. The second-order valence-corrected chi connectivity index (χ2v) is 6.54. The molecule has 0 bridgehead atoms. The van der Waals surface area contributed by atoms with Crippen molar-refractivity contribution in [3.63, 3.8) is 0 Å². The first kappa shape index (κ1) is 16.5. The minimum absolute atomic E-state index is 0.0264. The summed E-state index contributed by atoms with van der Waals surface area (Å²) < 4.78 is 0. The number of rotatable bonds is 8. The van der Waals surface area contributed by atoms with Gasteiger partial charge in [-0.05, 0) is 37.2 Å². The van der Waals surface area contributed by atoms with Gasteiger partial charge in [0.2, 0.25) is 0 Å². The molecule has 110 valence electrons. The third-order valence-electron chi connectivity index (χ3n) is 2.57. The molecule has 1 aromatic carbocycles. The highest BCUT2D eigenvalue weighted by atomic mass is 31.2. The highest BCUT2D eigenvalue weighted by Crippen LogP contribution is 2.53. The number of carboxylic acid groups (broad SMARTS) is 1. The molecule has 6 N–H and O–H groups in total. The molecule has 0 aliphatic carbocycles. The van der Waals surface area contributed by atoms with Crippen molar-refractivity contribution in [3.05, 3.63) is 29.8 Å². The summed E-state index contributed by atoms with van der Waals surface area (Å²) in [7, 11) is -3.65. The Kier molecular flexibility index (Phi) is 6.04. The molecule has 0 fully saturated rings. The van der Waals surface area contributed by atoms with Crippen LogP contribution >= 0.6 is 7.72 Å². The predicted octanol–water partition coefficient (Wildman–Crippen LogP) is 0.504. The zero-order chi connectivity index (χ0) is 15.2. The molecular formula is C12H18N2O5P+. The van der Waals surface area contributed by atoms with Gasteiger partial charge in [0.05, 0.1) is 5.56 Å². The van der Waals surface area contributed by atoms with Crippen molar-refractivity contribution in [2.45, 2.75) is 6.42 Å². The summed E-state index contributed by atoms with van der Waals surface area (Å²) in [5, 5.41) is 11.2. The Hall–Kier alpha value is -1.53. The highest BCUT2D eigenvalue weighted by Gasteiger charge is 2.43. The summed E-state index contributed by atoms with van der Waals surface area (Å²) in [4.78, 5) is 41.9. The monoisotopic (exact) mass is 301 g/mol. The lowest BCUT2D eigenvalue weighted by Gasteiger charge is -2.10. The molecule has 1 aromatic rings. The van der Waals surface area contributed by atoms with Gasteiger partial charge in [0, 0.05) is 5.69 Å². The van der Waals surface area contributed by atoms with Crippen molar-refractivity contribution >= 4 is 24.9 Å². The Morgan fingerprint density at radius 3 is 2.30 bits per heavy atom. The van der Waals surface area contributed by atoms with Crippen molar-refractivity contribution in [1.29, 1.82) is 0 Å². The number of benzene rings is 1. The molecular weight excluding hydrogens is 283 g/mol. The fraction of sp³-hybridized carbons (Fsp3) is 0.333. The fourth-order valence-corrected chi connectivity index (χ4v) is 2.92. The van der Waals surface area contributed by atoms with E-state index in [-0.39, 0.29) is 24.8 Å². The first-order chi connectivity index (χ1) is 9.36. The number of anilines is 1. The van der Waals surface area contributed by atoms with Gasteiger partial charge in [0.1, 0.15) is 12.7 Å². The minimum atomic E-state index is -3.65. The van der Waals surface area contributed by atoms with Gasteiger partial charge >= 0.3 is 19.2 Å². The van der Waals surface area contributed by atoms with Crippen LogP contribution in [0.15, 0.2) is 24.3 Å². The molecule has 0 saturated heterocycles. The van der Waals surface area contributed by atoms with Gasteiger partial charge in [-0.15, -0.1) is 0 Å².